The van der Waals surface area contributed by atoms with Gasteiger partial charge in [0, 0.05) is 25.4 Å². The third kappa shape index (κ3) is 2.83. The van der Waals surface area contributed by atoms with Gasteiger partial charge in [-0.25, -0.2) is 0 Å². The van der Waals surface area contributed by atoms with E-state index >= 15 is 0 Å². The van der Waals surface area contributed by atoms with E-state index in [2.05, 4.69) is 36.4 Å². The summed E-state index contributed by atoms with van der Waals surface area (Å²) in [6.07, 6.45) is 13.1. The predicted octanol–water partition coefficient (Wildman–Crippen LogP) is 2.50. The topological polar surface area (TPSA) is 46.3 Å². The zero-order valence-corrected chi connectivity index (χ0v) is 12.0. The molecule has 108 valence electrons. The molecule has 2 unspecified atom stereocenters. The van der Waals surface area contributed by atoms with Crippen LogP contribution in [0.3, 0.4) is 0 Å². The van der Waals surface area contributed by atoms with Crippen molar-refractivity contribution < 1.29 is 4.79 Å². The van der Waals surface area contributed by atoms with Crippen molar-refractivity contribution >= 4 is 12.0 Å². The quantitative estimate of drug-likeness (QED) is 0.904. The van der Waals surface area contributed by atoms with E-state index in [1.165, 1.54) is 11.1 Å². The molecule has 21 heavy (non-hydrogen) atoms. The molecule has 1 aliphatic carbocycles. The van der Waals surface area contributed by atoms with Crippen molar-refractivity contribution in [1.82, 2.24) is 4.90 Å². The molecule has 2 atom stereocenters. The highest BCUT2D eigenvalue weighted by atomic mass is 16.2. The lowest BCUT2D eigenvalue weighted by molar-refractivity contribution is -0.133. The molecule has 3 heteroatoms. The molecule has 1 aromatic carbocycles. The van der Waals surface area contributed by atoms with Crippen LogP contribution in [0.1, 0.15) is 17.5 Å². The number of carbonyl (C=O) groups excluding carboxylic acids is 1. The summed E-state index contributed by atoms with van der Waals surface area (Å²) in [5.41, 5.74) is 7.94. The second-order valence-corrected chi connectivity index (χ2v) is 5.46. The van der Waals surface area contributed by atoms with Crippen LogP contribution < -0.4 is 5.73 Å². The Bertz CT molecular complexity index is 615. The molecule has 0 spiro atoms. The lowest BCUT2D eigenvalue weighted by Crippen LogP contribution is -2.44. The van der Waals surface area contributed by atoms with E-state index in [0.29, 0.717) is 19.5 Å². The molecule has 1 aromatic rings. The standard InChI is InChI=1S/C18H20N2O/c19-12-11-18(21)20-13-16-7-2-1-5-14(16)9-10-15-6-3-4-8-17(15)20/h1-10,15,17H,11-13,19H2/b10-9-. The summed E-state index contributed by atoms with van der Waals surface area (Å²) >= 11 is 0. The van der Waals surface area contributed by atoms with Crippen molar-refractivity contribution in [2.75, 3.05) is 6.54 Å². The summed E-state index contributed by atoms with van der Waals surface area (Å²) in [5.74, 6) is 0.350. The van der Waals surface area contributed by atoms with E-state index in [9.17, 15) is 4.79 Å². The van der Waals surface area contributed by atoms with Gasteiger partial charge in [-0.15, -0.1) is 0 Å². The molecule has 0 bridgehead atoms. The molecule has 0 saturated heterocycles. The number of allylic oxidation sites excluding steroid dienone is 2. The minimum absolute atomic E-state index is 0.0821. The van der Waals surface area contributed by atoms with Gasteiger partial charge in [-0.3, -0.25) is 4.79 Å². The number of nitrogens with zero attached hydrogens (tertiary/aromatic N) is 1. The highest BCUT2D eigenvalue weighted by Gasteiger charge is 2.28. The first-order chi connectivity index (χ1) is 10.3. The Morgan fingerprint density at radius 3 is 2.86 bits per heavy atom. The number of hydrogen-bond donors (Lipinski definition) is 1. The van der Waals surface area contributed by atoms with Gasteiger partial charge in [0.1, 0.15) is 0 Å². The predicted molar refractivity (Wildman–Crippen MR) is 85.3 cm³/mol. The Balaban J connectivity index is 2.01. The van der Waals surface area contributed by atoms with Crippen LogP contribution in [0.25, 0.3) is 6.08 Å². The Morgan fingerprint density at radius 2 is 2.00 bits per heavy atom. The van der Waals surface area contributed by atoms with Gasteiger partial charge in [0.2, 0.25) is 5.91 Å². The van der Waals surface area contributed by atoms with Crippen LogP contribution in [0, 0.1) is 5.92 Å². The maximum absolute atomic E-state index is 12.5. The van der Waals surface area contributed by atoms with Gasteiger partial charge in [0.25, 0.3) is 0 Å². The summed E-state index contributed by atoms with van der Waals surface area (Å²) in [4.78, 5) is 14.4. The first kappa shape index (κ1) is 13.8. The fraction of sp³-hybridized carbons (Fsp3) is 0.278. The first-order valence-corrected chi connectivity index (χ1v) is 7.40. The summed E-state index contributed by atoms with van der Waals surface area (Å²) in [5, 5.41) is 0. The fourth-order valence-corrected chi connectivity index (χ4v) is 2.97. The summed E-state index contributed by atoms with van der Waals surface area (Å²) < 4.78 is 0. The van der Waals surface area contributed by atoms with Crippen molar-refractivity contribution in [3.63, 3.8) is 0 Å². The average molecular weight is 280 g/mol. The van der Waals surface area contributed by atoms with Gasteiger partial charge < -0.3 is 10.6 Å². The van der Waals surface area contributed by atoms with Crippen LogP contribution in [0.2, 0.25) is 0 Å². The minimum Gasteiger partial charge on any atom is -0.331 e. The lowest BCUT2D eigenvalue weighted by Gasteiger charge is -2.36. The van der Waals surface area contributed by atoms with Crippen LogP contribution >= 0.6 is 0 Å². The van der Waals surface area contributed by atoms with Crippen LogP contribution in [0.5, 0.6) is 0 Å². The SMILES string of the molecule is NCCC(=O)N1Cc2ccccc2/C=C\C2C=CC=CC21. The number of amides is 1. The van der Waals surface area contributed by atoms with E-state index < -0.39 is 0 Å². The molecule has 0 saturated carbocycles. The zero-order chi connectivity index (χ0) is 14.7. The van der Waals surface area contributed by atoms with Gasteiger partial charge in [-0.2, -0.15) is 0 Å². The monoisotopic (exact) mass is 280 g/mol. The maximum atomic E-state index is 12.5. The van der Waals surface area contributed by atoms with Crippen molar-refractivity contribution in [1.29, 1.82) is 0 Å². The van der Waals surface area contributed by atoms with Crippen molar-refractivity contribution in [3.8, 4) is 0 Å². The van der Waals surface area contributed by atoms with Crippen LogP contribution in [-0.2, 0) is 11.3 Å². The Labute approximate surface area is 125 Å². The molecule has 3 nitrogen and oxygen atoms in total. The third-order valence-electron chi connectivity index (χ3n) is 4.08. The van der Waals surface area contributed by atoms with Gasteiger partial charge in [0.05, 0.1) is 6.04 Å². The molecule has 1 amide bonds. The van der Waals surface area contributed by atoms with Crippen molar-refractivity contribution in [3.05, 3.63) is 65.8 Å². The lowest BCUT2D eigenvalue weighted by atomic mass is 9.89. The Kier molecular flexibility index (Phi) is 4.02. The molecule has 1 heterocycles. The number of carbonyl (C=O) groups is 1. The molecular weight excluding hydrogens is 260 g/mol. The second-order valence-electron chi connectivity index (χ2n) is 5.46. The van der Waals surface area contributed by atoms with Crippen molar-refractivity contribution in [2.24, 2.45) is 11.7 Å². The van der Waals surface area contributed by atoms with Crippen LogP contribution in [-0.4, -0.2) is 23.4 Å². The number of fused-ring (bicyclic) bond motifs is 2. The van der Waals surface area contributed by atoms with Gasteiger partial charge in [-0.1, -0.05) is 60.7 Å². The number of nitrogens with two attached hydrogens (primary N) is 1. The highest BCUT2D eigenvalue weighted by molar-refractivity contribution is 5.77. The molecule has 2 aliphatic rings. The van der Waals surface area contributed by atoms with E-state index in [4.69, 9.17) is 5.73 Å². The molecule has 0 fully saturated rings. The average Bonchev–Trinajstić information content (AvgIpc) is 2.50. The first-order valence-electron chi connectivity index (χ1n) is 7.40. The number of rotatable bonds is 2. The normalized spacial score (nSPS) is 24.7. The molecular formula is C18H20N2O. The van der Waals surface area contributed by atoms with Gasteiger partial charge in [-0.05, 0) is 11.1 Å². The molecule has 1 aliphatic heterocycles. The van der Waals surface area contributed by atoms with Crippen LogP contribution in [0.15, 0.2) is 54.6 Å². The van der Waals surface area contributed by atoms with Gasteiger partial charge >= 0.3 is 0 Å². The largest absolute Gasteiger partial charge is 0.331 e. The molecule has 2 N–H and O–H groups in total. The molecule has 0 aromatic heterocycles. The van der Waals surface area contributed by atoms with E-state index in [1.807, 2.05) is 29.2 Å². The van der Waals surface area contributed by atoms with Crippen molar-refractivity contribution in [2.45, 2.75) is 19.0 Å². The summed E-state index contributed by atoms with van der Waals surface area (Å²) in [7, 11) is 0. The Hall–Kier alpha value is -2.13. The number of benzene rings is 1. The zero-order valence-electron chi connectivity index (χ0n) is 12.0. The van der Waals surface area contributed by atoms with Crippen LogP contribution in [0.4, 0.5) is 0 Å². The third-order valence-corrected chi connectivity index (χ3v) is 4.08. The summed E-state index contributed by atoms with van der Waals surface area (Å²) in [6.45, 7) is 1.03. The molecule has 0 radical (unpaired) electrons. The van der Waals surface area contributed by atoms with E-state index in [-0.39, 0.29) is 17.9 Å². The molecule has 3 rings (SSSR count). The summed E-state index contributed by atoms with van der Waals surface area (Å²) in [6, 6.07) is 8.32. The van der Waals surface area contributed by atoms with Gasteiger partial charge in [0.15, 0.2) is 0 Å². The van der Waals surface area contributed by atoms with E-state index in [0.717, 1.165) is 0 Å². The maximum Gasteiger partial charge on any atom is 0.224 e. The number of hydrogen-bond acceptors (Lipinski definition) is 2. The second kappa shape index (κ2) is 6.10. The van der Waals surface area contributed by atoms with E-state index in [1.54, 1.807) is 0 Å². The highest BCUT2D eigenvalue weighted by Crippen LogP contribution is 2.27. The fourth-order valence-electron chi connectivity index (χ4n) is 2.97. The Morgan fingerprint density at radius 1 is 1.19 bits per heavy atom. The smallest absolute Gasteiger partial charge is 0.224 e. The minimum atomic E-state index is 0.0821.